The van der Waals surface area contributed by atoms with Gasteiger partial charge < -0.3 is 28.7 Å². The zero-order valence-corrected chi connectivity index (χ0v) is 21.5. The van der Waals surface area contributed by atoms with Crippen LogP contribution in [-0.2, 0) is 32.2 Å². The number of carbonyl (C=O) groups is 1. The van der Waals surface area contributed by atoms with Gasteiger partial charge in [-0.15, -0.1) is 0 Å². The average molecular weight is 525 g/mol. The molecule has 3 aromatic carbocycles. The Labute approximate surface area is 225 Å². The normalized spacial score (nSPS) is 17.4. The summed E-state index contributed by atoms with van der Waals surface area (Å²) in [6, 6.07) is 25.5. The van der Waals surface area contributed by atoms with Gasteiger partial charge in [-0.2, -0.15) is 0 Å². The first kappa shape index (κ1) is 25.1. The number of hydrogen-bond donors (Lipinski definition) is 1. The van der Waals surface area contributed by atoms with E-state index in [1.165, 1.54) is 0 Å². The minimum Gasteiger partial charge on any atom is -0.489 e. The predicted molar refractivity (Wildman–Crippen MR) is 145 cm³/mol. The van der Waals surface area contributed by atoms with Crippen LogP contribution in [0.1, 0.15) is 33.5 Å². The number of carbonyl (C=O) groups excluding carboxylic acids is 1. The van der Waals surface area contributed by atoms with Gasteiger partial charge in [0.25, 0.3) is 0 Å². The Bertz CT molecular complexity index is 1580. The molecule has 0 radical (unpaired) electrons. The Morgan fingerprint density at radius 1 is 0.949 bits per heavy atom. The van der Waals surface area contributed by atoms with Crippen LogP contribution in [0.2, 0.25) is 0 Å². The second-order valence-electron chi connectivity index (χ2n) is 9.35. The highest BCUT2D eigenvalue weighted by Crippen LogP contribution is 2.33. The monoisotopic (exact) mass is 524 g/mol. The van der Waals surface area contributed by atoms with Crippen molar-refractivity contribution < 1.29 is 28.5 Å². The van der Waals surface area contributed by atoms with Gasteiger partial charge >= 0.3 is 5.97 Å². The van der Waals surface area contributed by atoms with Gasteiger partial charge in [-0.05, 0) is 23.8 Å². The predicted octanol–water partition coefficient (Wildman–Crippen LogP) is 5.71. The molecule has 1 aliphatic heterocycles. The summed E-state index contributed by atoms with van der Waals surface area (Å²) in [5.74, 6) is 0.172. The fraction of sp³-hybridized carbons (Fsp3) is 0.226. The molecule has 2 aromatic heterocycles. The topological polar surface area (TPSA) is 91.9 Å². The van der Waals surface area contributed by atoms with Crippen molar-refractivity contribution in [2.24, 2.45) is 0 Å². The number of ether oxygens (including phenoxy) is 5. The number of rotatable bonds is 8. The molecule has 8 heteroatoms. The molecule has 1 aliphatic rings. The Kier molecular flexibility index (Phi) is 7.23. The summed E-state index contributed by atoms with van der Waals surface area (Å²) < 4.78 is 28.9. The number of aromatic amines is 1. The van der Waals surface area contributed by atoms with E-state index in [1.54, 1.807) is 13.3 Å². The zero-order valence-electron chi connectivity index (χ0n) is 21.5. The Hall–Kier alpha value is -4.24. The van der Waals surface area contributed by atoms with Gasteiger partial charge in [-0.1, -0.05) is 60.7 Å². The van der Waals surface area contributed by atoms with Crippen molar-refractivity contribution in [3.8, 4) is 5.75 Å². The van der Waals surface area contributed by atoms with Crippen molar-refractivity contribution in [3.63, 3.8) is 0 Å². The van der Waals surface area contributed by atoms with Gasteiger partial charge in [0.05, 0.1) is 31.5 Å². The molecule has 5 aromatic rings. The minimum absolute atomic E-state index is 0.185. The number of hydrogen-bond acceptors (Lipinski definition) is 7. The molecule has 0 spiro atoms. The summed E-state index contributed by atoms with van der Waals surface area (Å²) in [4.78, 5) is 21.1. The molecule has 1 saturated heterocycles. The third-order valence-corrected chi connectivity index (χ3v) is 6.65. The standard InChI is InChI=1S/C31H28N2O6/c1-35-19-25-28-24-14-22(36-16-20-8-4-2-5-9-20)12-13-26(24)33-27(28)15-32-29(25)30(34)39-23-17-37-31(38-18-23)21-10-6-3-7-11-21/h2-15,23,31,33H,16-19H2,1H3. The maximum atomic E-state index is 13.3. The van der Waals surface area contributed by atoms with E-state index in [4.69, 9.17) is 23.7 Å². The van der Waals surface area contributed by atoms with Crippen molar-refractivity contribution >= 4 is 27.8 Å². The summed E-state index contributed by atoms with van der Waals surface area (Å²) in [6.07, 6.45) is 0.616. The molecule has 1 N–H and O–H groups in total. The maximum Gasteiger partial charge on any atom is 0.357 e. The van der Waals surface area contributed by atoms with Crippen LogP contribution in [-0.4, -0.2) is 42.4 Å². The zero-order chi connectivity index (χ0) is 26.6. The molecule has 8 nitrogen and oxygen atoms in total. The number of fused-ring (bicyclic) bond motifs is 3. The third kappa shape index (κ3) is 5.35. The number of nitrogens with one attached hydrogen (secondary N) is 1. The molecule has 39 heavy (non-hydrogen) atoms. The average Bonchev–Trinajstić information content (AvgIpc) is 3.36. The second kappa shape index (κ2) is 11.2. The van der Waals surface area contributed by atoms with Gasteiger partial charge in [0.1, 0.15) is 18.5 Å². The highest BCUT2D eigenvalue weighted by Gasteiger charge is 2.28. The molecule has 6 rings (SSSR count). The number of aromatic nitrogens is 2. The lowest BCUT2D eigenvalue weighted by atomic mass is 10.1. The van der Waals surface area contributed by atoms with Gasteiger partial charge in [0, 0.05) is 34.5 Å². The quantitative estimate of drug-likeness (QED) is 0.260. The number of H-pyrrole nitrogens is 1. The molecule has 0 unspecified atom stereocenters. The van der Waals surface area contributed by atoms with E-state index in [2.05, 4.69) is 9.97 Å². The minimum atomic E-state index is -0.551. The van der Waals surface area contributed by atoms with E-state index in [0.717, 1.165) is 38.7 Å². The van der Waals surface area contributed by atoms with Crippen LogP contribution in [0, 0.1) is 0 Å². The van der Waals surface area contributed by atoms with E-state index in [1.807, 2.05) is 78.9 Å². The number of pyridine rings is 1. The summed E-state index contributed by atoms with van der Waals surface area (Å²) in [5, 5.41) is 1.76. The summed E-state index contributed by atoms with van der Waals surface area (Å²) in [6.45, 7) is 1.09. The van der Waals surface area contributed by atoms with Crippen LogP contribution in [0.25, 0.3) is 21.8 Å². The van der Waals surface area contributed by atoms with Crippen LogP contribution < -0.4 is 4.74 Å². The van der Waals surface area contributed by atoms with Crippen LogP contribution in [0.15, 0.2) is 85.1 Å². The second-order valence-corrected chi connectivity index (χ2v) is 9.35. The number of nitrogens with zero attached hydrogens (tertiary/aromatic N) is 1. The largest absolute Gasteiger partial charge is 0.489 e. The molecule has 198 valence electrons. The lowest BCUT2D eigenvalue weighted by Crippen LogP contribution is -2.35. The smallest absolute Gasteiger partial charge is 0.357 e. The molecular formula is C31H28N2O6. The summed E-state index contributed by atoms with van der Waals surface area (Å²) >= 11 is 0. The van der Waals surface area contributed by atoms with Crippen LogP contribution in [0.4, 0.5) is 0 Å². The van der Waals surface area contributed by atoms with Crippen molar-refractivity contribution in [3.05, 3.63) is 107 Å². The fourth-order valence-corrected chi connectivity index (χ4v) is 4.79. The van der Waals surface area contributed by atoms with E-state index >= 15 is 0 Å². The van der Waals surface area contributed by atoms with Crippen LogP contribution in [0.5, 0.6) is 5.75 Å². The van der Waals surface area contributed by atoms with Crippen molar-refractivity contribution in [1.82, 2.24) is 9.97 Å². The van der Waals surface area contributed by atoms with E-state index in [9.17, 15) is 4.79 Å². The molecule has 0 amide bonds. The summed E-state index contributed by atoms with van der Waals surface area (Å²) in [7, 11) is 1.59. The molecular weight excluding hydrogens is 496 g/mol. The number of benzene rings is 3. The third-order valence-electron chi connectivity index (χ3n) is 6.65. The SMILES string of the molecule is COCc1c(C(=O)OC2COC(c3ccccc3)OC2)ncc2[nH]c3ccc(OCc4ccccc4)cc3c12. The molecule has 1 fully saturated rings. The van der Waals surface area contributed by atoms with Crippen molar-refractivity contribution in [2.45, 2.75) is 25.6 Å². The van der Waals surface area contributed by atoms with Gasteiger partial charge in [0.2, 0.25) is 0 Å². The first-order valence-corrected chi connectivity index (χ1v) is 12.8. The lowest BCUT2D eigenvalue weighted by molar-refractivity contribution is -0.220. The number of esters is 1. The first-order valence-electron chi connectivity index (χ1n) is 12.8. The van der Waals surface area contributed by atoms with E-state index in [0.29, 0.717) is 12.2 Å². The Balaban J connectivity index is 1.24. The maximum absolute atomic E-state index is 13.3. The van der Waals surface area contributed by atoms with E-state index in [-0.39, 0.29) is 25.5 Å². The molecule has 0 bridgehead atoms. The van der Waals surface area contributed by atoms with Gasteiger partial charge in [0.15, 0.2) is 12.0 Å². The molecule has 0 saturated carbocycles. The van der Waals surface area contributed by atoms with Gasteiger partial charge in [-0.25, -0.2) is 9.78 Å². The highest BCUT2D eigenvalue weighted by molar-refractivity contribution is 6.11. The van der Waals surface area contributed by atoms with E-state index < -0.39 is 18.4 Å². The summed E-state index contributed by atoms with van der Waals surface area (Å²) in [5.41, 5.74) is 4.55. The van der Waals surface area contributed by atoms with Crippen molar-refractivity contribution in [2.75, 3.05) is 20.3 Å². The highest BCUT2D eigenvalue weighted by atomic mass is 16.7. The number of methoxy groups -OCH3 is 1. The van der Waals surface area contributed by atoms with Crippen LogP contribution >= 0.6 is 0 Å². The van der Waals surface area contributed by atoms with Crippen molar-refractivity contribution in [1.29, 1.82) is 0 Å². The fourth-order valence-electron chi connectivity index (χ4n) is 4.79. The Morgan fingerprint density at radius 2 is 1.69 bits per heavy atom. The lowest BCUT2D eigenvalue weighted by Gasteiger charge is -2.29. The Morgan fingerprint density at radius 3 is 2.44 bits per heavy atom. The van der Waals surface area contributed by atoms with Gasteiger partial charge in [-0.3, -0.25) is 0 Å². The molecule has 0 atom stereocenters. The molecule has 0 aliphatic carbocycles. The first-order chi connectivity index (χ1) is 19.2. The molecule has 3 heterocycles. The van der Waals surface area contributed by atoms with Crippen LogP contribution in [0.3, 0.4) is 0 Å².